The van der Waals surface area contributed by atoms with Gasteiger partial charge in [-0.3, -0.25) is 4.79 Å². The van der Waals surface area contributed by atoms with E-state index in [4.69, 9.17) is 10.2 Å². The average Bonchev–Trinajstić information content (AvgIpc) is 2.31. The van der Waals surface area contributed by atoms with E-state index in [1.807, 2.05) is 0 Å². The first kappa shape index (κ1) is 6.61. The normalized spacial score (nSPS) is 10.4. The zero-order valence-electron chi connectivity index (χ0n) is 5.28. The summed E-state index contributed by atoms with van der Waals surface area (Å²) in [5.74, 6) is 0.940. The van der Waals surface area contributed by atoms with Crippen molar-refractivity contribution >= 4 is 18.2 Å². The second-order valence-electron chi connectivity index (χ2n) is 1.74. The van der Waals surface area contributed by atoms with E-state index in [1.54, 1.807) is 18.2 Å². The summed E-state index contributed by atoms with van der Waals surface area (Å²) in [6, 6.07) is 3.32. The maximum atomic E-state index is 9.83. The predicted octanol–water partition coefficient (Wildman–Crippen LogP) is 1.07. The van der Waals surface area contributed by atoms with Crippen molar-refractivity contribution in [3.63, 3.8) is 0 Å². The van der Waals surface area contributed by atoms with Gasteiger partial charge in [0.1, 0.15) is 12.0 Å². The molecule has 1 rings (SSSR count). The molecule has 0 aliphatic heterocycles. The molecule has 0 unspecified atom stereocenters. The van der Waals surface area contributed by atoms with E-state index in [0.29, 0.717) is 17.9 Å². The number of allylic oxidation sites excluding steroid dienone is 1. The minimum absolute atomic E-state index is 0.352. The maximum Gasteiger partial charge on any atom is 0.190 e. The van der Waals surface area contributed by atoms with Crippen LogP contribution in [0.2, 0.25) is 0 Å². The summed E-state index contributed by atoms with van der Waals surface area (Å²) < 4.78 is 4.92. The number of carbonyl (C=O) groups excluding carboxylic acids is 1. The van der Waals surface area contributed by atoms with Crippen LogP contribution in [0.4, 0.5) is 5.88 Å². The molecular formula is C7H7NO2. The Morgan fingerprint density at radius 1 is 1.50 bits per heavy atom. The molecule has 52 valence electrons. The van der Waals surface area contributed by atoms with Crippen LogP contribution in [0, 0.1) is 0 Å². The van der Waals surface area contributed by atoms with Crippen molar-refractivity contribution in [3.8, 4) is 0 Å². The third kappa shape index (κ3) is 1.48. The van der Waals surface area contributed by atoms with Gasteiger partial charge in [-0.05, 0) is 18.2 Å². The zero-order valence-corrected chi connectivity index (χ0v) is 5.28. The van der Waals surface area contributed by atoms with Crippen LogP contribution in [0.5, 0.6) is 0 Å². The third-order valence-corrected chi connectivity index (χ3v) is 0.987. The summed E-state index contributed by atoms with van der Waals surface area (Å²) >= 11 is 0. The van der Waals surface area contributed by atoms with Gasteiger partial charge in [0, 0.05) is 6.07 Å². The minimum atomic E-state index is 0.352. The molecule has 1 aromatic heterocycles. The lowest BCUT2D eigenvalue weighted by Crippen LogP contribution is -1.75. The SMILES string of the molecule is Nc1ccc(C=CC=O)o1. The van der Waals surface area contributed by atoms with Gasteiger partial charge in [-0.25, -0.2) is 0 Å². The van der Waals surface area contributed by atoms with E-state index in [-0.39, 0.29) is 0 Å². The average molecular weight is 137 g/mol. The van der Waals surface area contributed by atoms with Crippen LogP contribution < -0.4 is 5.73 Å². The Bertz CT molecular complexity index is 250. The molecule has 0 atom stereocenters. The molecular weight excluding hydrogens is 130 g/mol. The highest BCUT2D eigenvalue weighted by molar-refractivity contribution is 5.72. The Morgan fingerprint density at radius 3 is 2.80 bits per heavy atom. The van der Waals surface area contributed by atoms with Crippen LogP contribution in [-0.4, -0.2) is 6.29 Å². The van der Waals surface area contributed by atoms with Crippen LogP contribution in [-0.2, 0) is 4.79 Å². The number of aldehydes is 1. The third-order valence-electron chi connectivity index (χ3n) is 0.987. The first-order valence-corrected chi connectivity index (χ1v) is 2.80. The standard InChI is InChI=1S/C7H7NO2/c8-7-4-3-6(10-7)2-1-5-9/h1-5H,8H2. The Balaban J connectivity index is 2.75. The van der Waals surface area contributed by atoms with Gasteiger partial charge in [0.2, 0.25) is 0 Å². The molecule has 0 fully saturated rings. The fraction of sp³-hybridized carbons (Fsp3) is 0. The van der Waals surface area contributed by atoms with Gasteiger partial charge in [0.15, 0.2) is 5.88 Å². The lowest BCUT2D eigenvalue weighted by atomic mass is 10.4. The smallest absolute Gasteiger partial charge is 0.190 e. The number of carbonyl (C=O) groups is 1. The summed E-state index contributed by atoms with van der Waals surface area (Å²) in [6.07, 6.45) is 3.57. The van der Waals surface area contributed by atoms with Gasteiger partial charge >= 0.3 is 0 Å². The largest absolute Gasteiger partial charge is 0.442 e. The number of furan rings is 1. The molecule has 10 heavy (non-hydrogen) atoms. The Hall–Kier alpha value is -1.51. The molecule has 0 aliphatic carbocycles. The summed E-state index contributed by atoms with van der Waals surface area (Å²) in [5, 5.41) is 0. The Morgan fingerprint density at radius 2 is 2.30 bits per heavy atom. The van der Waals surface area contributed by atoms with Gasteiger partial charge in [-0.2, -0.15) is 0 Å². The highest BCUT2D eigenvalue weighted by Gasteiger charge is 1.90. The van der Waals surface area contributed by atoms with E-state index < -0.39 is 0 Å². The number of hydrogen-bond acceptors (Lipinski definition) is 3. The summed E-state index contributed by atoms with van der Waals surface area (Å²) in [4.78, 5) is 9.83. The molecule has 0 aliphatic rings. The van der Waals surface area contributed by atoms with Crippen molar-refractivity contribution in [2.75, 3.05) is 5.73 Å². The fourth-order valence-electron chi connectivity index (χ4n) is 0.592. The van der Waals surface area contributed by atoms with Crippen LogP contribution >= 0.6 is 0 Å². The van der Waals surface area contributed by atoms with E-state index >= 15 is 0 Å². The van der Waals surface area contributed by atoms with Crippen molar-refractivity contribution in [2.45, 2.75) is 0 Å². The van der Waals surface area contributed by atoms with Crippen molar-refractivity contribution in [2.24, 2.45) is 0 Å². The Labute approximate surface area is 58.1 Å². The number of anilines is 1. The molecule has 0 spiro atoms. The van der Waals surface area contributed by atoms with Crippen LogP contribution in [0.3, 0.4) is 0 Å². The van der Waals surface area contributed by atoms with Crippen molar-refractivity contribution < 1.29 is 9.21 Å². The van der Waals surface area contributed by atoms with E-state index in [1.165, 1.54) is 6.08 Å². The summed E-state index contributed by atoms with van der Waals surface area (Å²) in [5.41, 5.74) is 5.26. The van der Waals surface area contributed by atoms with Gasteiger partial charge in [-0.1, -0.05) is 0 Å². The lowest BCUT2D eigenvalue weighted by molar-refractivity contribution is -0.104. The molecule has 2 N–H and O–H groups in total. The highest BCUT2D eigenvalue weighted by atomic mass is 16.3. The number of hydrogen-bond donors (Lipinski definition) is 1. The first-order chi connectivity index (χ1) is 4.83. The van der Waals surface area contributed by atoms with Crippen molar-refractivity contribution in [1.29, 1.82) is 0 Å². The van der Waals surface area contributed by atoms with E-state index in [0.717, 1.165) is 0 Å². The quantitative estimate of drug-likeness (QED) is 0.490. The van der Waals surface area contributed by atoms with Gasteiger partial charge < -0.3 is 10.2 Å². The molecule has 3 heteroatoms. The van der Waals surface area contributed by atoms with Gasteiger partial charge in [-0.15, -0.1) is 0 Å². The van der Waals surface area contributed by atoms with Crippen LogP contribution in [0.15, 0.2) is 22.6 Å². The molecule has 0 bridgehead atoms. The molecule has 0 saturated heterocycles. The molecule has 1 heterocycles. The summed E-state index contributed by atoms with van der Waals surface area (Å²) in [7, 11) is 0. The van der Waals surface area contributed by atoms with Crippen LogP contribution in [0.25, 0.3) is 6.08 Å². The second kappa shape index (κ2) is 2.87. The van der Waals surface area contributed by atoms with Crippen molar-refractivity contribution in [1.82, 2.24) is 0 Å². The summed E-state index contributed by atoms with van der Waals surface area (Å²) in [6.45, 7) is 0. The Kier molecular flexibility index (Phi) is 1.89. The maximum absolute atomic E-state index is 9.83. The van der Waals surface area contributed by atoms with Crippen molar-refractivity contribution in [3.05, 3.63) is 24.0 Å². The molecule has 3 nitrogen and oxygen atoms in total. The second-order valence-corrected chi connectivity index (χ2v) is 1.74. The van der Waals surface area contributed by atoms with Crippen LogP contribution in [0.1, 0.15) is 5.76 Å². The van der Waals surface area contributed by atoms with E-state index in [2.05, 4.69) is 0 Å². The topological polar surface area (TPSA) is 56.2 Å². The highest BCUT2D eigenvalue weighted by Crippen LogP contribution is 2.09. The molecule has 1 aromatic rings. The number of nitrogens with two attached hydrogens (primary N) is 1. The van der Waals surface area contributed by atoms with Gasteiger partial charge in [0.25, 0.3) is 0 Å². The number of nitrogen functional groups attached to an aromatic ring is 1. The predicted molar refractivity (Wildman–Crippen MR) is 38.2 cm³/mol. The molecule has 0 radical (unpaired) electrons. The zero-order chi connectivity index (χ0) is 7.40. The molecule has 0 saturated carbocycles. The van der Waals surface area contributed by atoms with Gasteiger partial charge in [0.05, 0.1) is 0 Å². The fourth-order valence-corrected chi connectivity index (χ4v) is 0.592. The molecule has 0 aromatic carbocycles. The number of rotatable bonds is 2. The minimum Gasteiger partial charge on any atom is -0.442 e. The lowest BCUT2D eigenvalue weighted by Gasteiger charge is -1.80. The monoisotopic (exact) mass is 137 g/mol. The first-order valence-electron chi connectivity index (χ1n) is 2.80. The van der Waals surface area contributed by atoms with E-state index in [9.17, 15) is 4.79 Å². The molecule has 0 amide bonds.